The average molecular weight is 479 g/mol. The molecule has 2 N–H and O–H groups in total. The number of non-ortho nitro benzene ring substituents is 3. The number of anilines is 1. The van der Waals surface area contributed by atoms with Gasteiger partial charge in [-0.25, -0.2) is 0 Å². The van der Waals surface area contributed by atoms with Crippen molar-refractivity contribution in [2.75, 3.05) is 5.32 Å². The van der Waals surface area contributed by atoms with Crippen molar-refractivity contribution in [1.29, 1.82) is 0 Å². The molecular formula is C15H10Cl3N5O7. The zero-order chi connectivity index (χ0) is 22.6. The highest BCUT2D eigenvalue weighted by atomic mass is 35.6. The molecule has 2 aromatic rings. The molecule has 30 heavy (non-hydrogen) atoms. The molecule has 0 aliphatic carbocycles. The fourth-order valence-corrected chi connectivity index (χ4v) is 2.52. The summed E-state index contributed by atoms with van der Waals surface area (Å²) in [6, 6.07) is 7.27. The number of amides is 1. The Morgan fingerprint density at radius 3 is 1.70 bits per heavy atom. The lowest BCUT2D eigenvalue weighted by atomic mass is 10.1. The largest absolute Gasteiger partial charge is 0.362 e. The van der Waals surface area contributed by atoms with Gasteiger partial charge in [0.25, 0.3) is 23.0 Å². The second kappa shape index (κ2) is 9.07. The number of halogens is 3. The molecular weight excluding hydrogens is 469 g/mol. The molecule has 0 aliphatic heterocycles. The summed E-state index contributed by atoms with van der Waals surface area (Å²) >= 11 is 17.6. The first-order valence-electron chi connectivity index (χ1n) is 7.71. The Bertz CT molecular complexity index is 978. The van der Waals surface area contributed by atoms with E-state index >= 15 is 0 Å². The second-order valence-corrected chi connectivity index (χ2v) is 8.02. The van der Waals surface area contributed by atoms with E-state index in [0.717, 1.165) is 12.1 Å². The predicted molar refractivity (Wildman–Crippen MR) is 108 cm³/mol. The lowest BCUT2D eigenvalue weighted by Gasteiger charge is -2.27. The molecule has 0 radical (unpaired) electrons. The number of alkyl halides is 3. The Balaban J connectivity index is 2.30. The quantitative estimate of drug-likeness (QED) is 0.260. The van der Waals surface area contributed by atoms with Gasteiger partial charge in [0, 0.05) is 30.0 Å². The molecule has 0 aliphatic rings. The number of nitrogens with zero attached hydrogens (tertiary/aromatic N) is 3. The van der Waals surface area contributed by atoms with E-state index in [0.29, 0.717) is 6.07 Å². The van der Waals surface area contributed by atoms with Crippen molar-refractivity contribution in [2.45, 2.75) is 9.96 Å². The third kappa shape index (κ3) is 5.89. The van der Waals surface area contributed by atoms with Gasteiger partial charge in [-0.3, -0.25) is 35.1 Å². The molecule has 1 amide bonds. The summed E-state index contributed by atoms with van der Waals surface area (Å²) in [6.45, 7) is 0. The van der Waals surface area contributed by atoms with Crippen LogP contribution in [-0.4, -0.2) is 30.6 Å². The molecule has 0 bridgehead atoms. The Hall–Kier alpha value is -3.22. The van der Waals surface area contributed by atoms with Crippen LogP contribution in [0.1, 0.15) is 10.4 Å². The van der Waals surface area contributed by atoms with E-state index < -0.39 is 47.6 Å². The summed E-state index contributed by atoms with van der Waals surface area (Å²) in [5, 5.41) is 37.6. The maximum atomic E-state index is 12.5. The number of rotatable bonds is 7. The smallest absolute Gasteiger partial charge is 0.277 e. The summed E-state index contributed by atoms with van der Waals surface area (Å²) in [5.41, 5.74) is -1.73. The molecule has 0 saturated heterocycles. The van der Waals surface area contributed by atoms with Crippen molar-refractivity contribution in [1.82, 2.24) is 5.32 Å². The van der Waals surface area contributed by atoms with Crippen molar-refractivity contribution in [3.8, 4) is 0 Å². The topological polar surface area (TPSA) is 171 Å². The number of nitrogens with one attached hydrogen (secondary N) is 2. The van der Waals surface area contributed by atoms with Gasteiger partial charge in [-0.05, 0) is 12.1 Å². The molecule has 0 saturated carbocycles. The monoisotopic (exact) mass is 477 g/mol. The van der Waals surface area contributed by atoms with Gasteiger partial charge in [-0.2, -0.15) is 0 Å². The van der Waals surface area contributed by atoms with E-state index in [1.165, 1.54) is 24.3 Å². The first-order chi connectivity index (χ1) is 13.9. The van der Waals surface area contributed by atoms with E-state index in [9.17, 15) is 35.1 Å². The van der Waals surface area contributed by atoms with Crippen LogP contribution >= 0.6 is 34.8 Å². The van der Waals surface area contributed by atoms with E-state index in [4.69, 9.17) is 34.8 Å². The van der Waals surface area contributed by atoms with E-state index in [-0.39, 0.29) is 11.4 Å². The molecule has 1 atom stereocenters. The maximum absolute atomic E-state index is 12.5. The van der Waals surface area contributed by atoms with Crippen LogP contribution in [0.15, 0.2) is 42.5 Å². The molecule has 0 fully saturated rings. The van der Waals surface area contributed by atoms with E-state index in [1.807, 2.05) is 0 Å². The van der Waals surface area contributed by atoms with E-state index in [2.05, 4.69) is 10.6 Å². The highest BCUT2D eigenvalue weighted by Gasteiger charge is 2.35. The van der Waals surface area contributed by atoms with Gasteiger partial charge in [0.2, 0.25) is 3.79 Å². The fraction of sp³-hybridized carbons (Fsp3) is 0.133. The average Bonchev–Trinajstić information content (AvgIpc) is 2.66. The number of nitro benzene ring substituents is 3. The van der Waals surface area contributed by atoms with Gasteiger partial charge in [-0.1, -0.05) is 34.8 Å². The Morgan fingerprint density at radius 2 is 1.30 bits per heavy atom. The number of hydrogen-bond donors (Lipinski definition) is 2. The van der Waals surface area contributed by atoms with Crippen molar-refractivity contribution in [2.24, 2.45) is 0 Å². The molecule has 15 heteroatoms. The number of nitro groups is 3. The van der Waals surface area contributed by atoms with Crippen LogP contribution in [0.4, 0.5) is 22.7 Å². The summed E-state index contributed by atoms with van der Waals surface area (Å²) < 4.78 is -2.13. The minimum absolute atomic E-state index is 0.195. The van der Waals surface area contributed by atoms with Crippen LogP contribution in [0.5, 0.6) is 0 Å². The number of hydrogen-bond acceptors (Lipinski definition) is 8. The Kier molecular flexibility index (Phi) is 6.97. The molecule has 0 aromatic heterocycles. The molecule has 0 unspecified atom stereocenters. The summed E-state index contributed by atoms with van der Waals surface area (Å²) in [4.78, 5) is 42.8. The fourth-order valence-electron chi connectivity index (χ4n) is 2.20. The predicted octanol–water partition coefficient (Wildman–Crippen LogP) is 3.95. The van der Waals surface area contributed by atoms with E-state index in [1.54, 1.807) is 0 Å². The highest BCUT2D eigenvalue weighted by molar-refractivity contribution is 6.68. The number of benzene rings is 2. The van der Waals surface area contributed by atoms with Gasteiger partial charge in [0.1, 0.15) is 6.17 Å². The second-order valence-electron chi connectivity index (χ2n) is 5.65. The van der Waals surface area contributed by atoms with Crippen LogP contribution in [0.25, 0.3) is 0 Å². The molecule has 158 valence electrons. The molecule has 2 rings (SSSR count). The summed E-state index contributed by atoms with van der Waals surface area (Å²) in [6.07, 6.45) is -1.41. The Morgan fingerprint density at radius 1 is 0.833 bits per heavy atom. The third-order valence-corrected chi connectivity index (χ3v) is 4.23. The first-order valence-corrected chi connectivity index (χ1v) is 8.84. The minimum atomic E-state index is -2.13. The standard InChI is InChI=1S/C15H10Cl3N5O7/c16-15(17,18)14(19-9-1-3-10(4-2-9)21(25)26)20-13(24)8-5-11(22(27)28)7-12(6-8)23(29)30/h1-7,14,19H,(H,20,24)/t14-/m1/s1. The van der Waals surface area contributed by atoms with Crippen LogP contribution in [-0.2, 0) is 0 Å². The van der Waals surface area contributed by atoms with Gasteiger partial charge in [0.15, 0.2) is 0 Å². The summed E-state index contributed by atoms with van der Waals surface area (Å²) in [5.74, 6) is -1.01. The zero-order valence-corrected chi connectivity index (χ0v) is 16.7. The molecule has 12 nitrogen and oxygen atoms in total. The van der Waals surface area contributed by atoms with Crippen LogP contribution < -0.4 is 10.6 Å². The van der Waals surface area contributed by atoms with Gasteiger partial charge < -0.3 is 10.6 Å². The van der Waals surface area contributed by atoms with Crippen molar-refractivity contribution in [3.05, 3.63) is 78.4 Å². The molecule has 0 spiro atoms. The SMILES string of the molecule is O=C(N[C@@H](Nc1ccc([N+](=O)[O-])cc1)C(Cl)(Cl)Cl)c1cc([N+](=O)[O-])cc([N+](=O)[O-])c1. The number of carbonyl (C=O) groups excluding carboxylic acids is 1. The Labute approximate surface area is 182 Å². The lowest BCUT2D eigenvalue weighted by molar-refractivity contribution is -0.394. The van der Waals surface area contributed by atoms with Gasteiger partial charge in [-0.15, -0.1) is 0 Å². The van der Waals surface area contributed by atoms with Gasteiger partial charge in [0.05, 0.1) is 26.4 Å². The maximum Gasteiger partial charge on any atom is 0.277 e. The zero-order valence-electron chi connectivity index (χ0n) is 14.5. The van der Waals surface area contributed by atoms with Crippen LogP contribution in [0.3, 0.4) is 0 Å². The normalized spacial score (nSPS) is 12.0. The van der Waals surface area contributed by atoms with Crippen molar-refractivity contribution in [3.63, 3.8) is 0 Å². The highest BCUT2D eigenvalue weighted by Crippen LogP contribution is 2.32. The van der Waals surface area contributed by atoms with Gasteiger partial charge >= 0.3 is 0 Å². The van der Waals surface area contributed by atoms with Crippen LogP contribution in [0.2, 0.25) is 0 Å². The van der Waals surface area contributed by atoms with Crippen molar-refractivity contribution < 1.29 is 19.6 Å². The van der Waals surface area contributed by atoms with Crippen LogP contribution in [0, 0.1) is 30.3 Å². The first kappa shape index (κ1) is 23.1. The molecule has 0 heterocycles. The minimum Gasteiger partial charge on any atom is -0.362 e. The number of carbonyl (C=O) groups is 1. The molecule has 2 aromatic carbocycles. The third-order valence-electron chi connectivity index (χ3n) is 3.58. The van der Waals surface area contributed by atoms with Crippen molar-refractivity contribution >= 4 is 63.5 Å². The lowest BCUT2D eigenvalue weighted by Crippen LogP contribution is -2.49. The summed E-state index contributed by atoms with van der Waals surface area (Å²) in [7, 11) is 0.